The average molecular weight is 361 g/mol. The maximum atomic E-state index is 12.1. The van der Waals surface area contributed by atoms with Crippen molar-refractivity contribution in [2.24, 2.45) is 0 Å². The van der Waals surface area contributed by atoms with E-state index in [1.807, 2.05) is 54.6 Å². The zero-order chi connectivity index (χ0) is 19.1. The monoisotopic (exact) mass is 361 g/mol. The molecule has 3 aromatic rings. The number of rotatable bonds is 6. The Kier molecular flexibility index (Phi) is 5.84. The summed E-state index contributed by atoms with van der Waals surface area (Å²) < 4.78 is 11.0. The Hall–Kier alpha value is -3.60. The fourth-order valence-electron chi connectivity index (χ4n) is 2.59. The zero-order valence-electron chi connectivity index (χ0n) is 14.8. The van der Waals surface area contributed by atoms with Crippen LogP contribution in [0.15, 0.2) is 78.9 Å². The number of hydrogen-bond acceptors (Lipinski definition) is 4. The van der Waals surface area contributed by atoms with Crippen molar-refractivity contribution in [1.29, 1.82) is 0 Å². The van der Waals surface area contributed by atoms with Gasteiger partial charge in [0.15, 0.2) is 6.61 Å². The Bertz CT molecular complexity index is 938. The molecule has 0 aliphatic carbocycles. The number of carbonyl (C=O) groups is 2. The molecule has 0 saturated heterocycles. The summed E-state index contributed by atoms with van der Waals surface area (Å²) in [5.41, 5.74) is 2.46. The van der Waals surface area contributed by atoms with E-state index >= 15 is 0 Å². The van der Waals surface area contributed by atoms with Crippen molar-refractivity contribution in [2.45, 2.75) is 6.92 Å². The van der Waals surface area contributed by atoms with Crippen LogP contribution < -0.4 is 14.8 Å². The molecular formula is C22H19NO4. The highest BCUT2D eigenvalue weighted by Crippen LogP contribution is 2.29. The fourth-order valence-corrected chi connectivity index (χ4v) is 2.59. The molecule has 3 aromatic carbocycles. The van der Waals surface area contributed by atoms with Crippen LogP contribution in [0.25, 0.3) is 11.1 Å². The van der Waals surface area contributed by atoms with Crippen LogP contribution in [0.4, 0.5) is 5.69 Å². The Morgan fingerprint density at radius 2 is 1.63 bits per heavy atom. The second-order valence-electron chi connectivity index (χ2n) is 5.83. The number of hydrogen-bond donors (Lipinski definition) is 1. The number of benzene rings is 3. The van der Waals surface area contributed by atoms with Gasteiger partial charge in [-0.2, -0.15) is 0 Å². The van der Waals surface area contributed by atoms with Gasteiger partial charge in [0.1, 0.15) is 11.5 Å². The fraction of sp³-hybridized carbons (Fsp3) is 0.0909. The van der Waals surface area contributed by atoms with Crippen molar-refractivity contribution in [3.63, 3.8) is 0 Å². The minimum absolute atomic E-state index is 0.195. The number of esters is 1. The standard InChI is InChI=1S/C22H19NO4/c1-16(24)23-18-10-7-11-19(14-18)27-22(25)15-26-21-13-6-5-12-20(21)17-8-3-2-4-9-17/h2-14H,15H2,1H3,(H,23,24). The lowest BCUT2D eigenvalue weighted by atomic mass is 10.1. The van der Waals surface area contributed by atoms with Gasteiger partial charge in [0, 0.05) is 24.2 Å². The van der Waals surface area contributed by atoms with Crippen LogP contribution in [0, 0.1) is 0 Å². The third kappa shape index (κ3) is 5.19. The van der Waals surface area contributed by atoms with Crippen LogP contribution in [0.1, 0.15) is 6.92 Å². The number of ether oxygens (including phenoxy) is 2. The first-order valence-electron chi connectivity index (χ1n) is 8.47. The van der Waals surface area contributed by atoms with E-state index in [0.29, 0.717) is 17.2 Å². The predicted molar refractivity (Wildman–Crippen MR) is 104 cm³/mol. The van der Waals surface area contributed by atoms with Crippen LogP contribution >= 0.6 is 0 Å². The average Bonchev–Trinajstić information content (AvgIpc) is 2.67. The maximum absolute atomic E-state index is 12.1. The van der Waals surface area contributed by atoms with E-state index in [9.17, 15) is 9.59 Å². The second-order valence-corrected chi connectivity index (χ2v) is 5.83. The number of nitrogens with one attached hydrogen (secondary N) is 1. The lowest BCUT2D eigenvalue weighted by molar-refractivity contribution is -0.136. The van der Waals surface area contributed by atoms with Gasteiger partial charge < -0.3 is 14.8 Å². The highest BCUT2D eigenvalue weighted by atomic mass is 16.6. The molecule has 0 fully saturated rings. The highest BCUT2D eigenvalue weighted by Gasteiger charge is 2.10. The van der Waals surface area contributed by atoms with Crippen LogP contribution in [-0.2, 0) is 9.59 Å². The van der Waals surface area contributed by atoms with Crippen LogP contribution in [0.2, 0.25) is 0 Å². The zero-order valence-corrected chi connectivity index (χ0v) is 14.8. The molecule has 0 spiro atoms. The molecule has 0 aromatic heterocycles. The van der Waals surface area contributed by atoms with Crippen LogP contribution in [0.5, 0.6) is 11.5 Å². The van der Waals surface area contributed by atoms with Gasteiger partial charge in [0.05, 0.1) is 0 Å². The summed E-state index contributed by atoms with van der Waals surface area (Å²) in [7, 11) is 0. The molecule has 0 radical (unpaired) electrons. The van der Waals surface area contributed by atoms with E-state index in [1.54, 1.807) is 24.3 Å². The normalized spacial score (nSPS) is 10.1. The maximum Gasteiger partial charge on any atom is 0.349 e. The Labute approximate surface area is 157 Å². The van der Waals surface area contributed by atoms with Crippen molar-refractivity contribution in [3.8, 4) is 22.6 Å². The molecule has 0 heterocycles. The molecule has 0 unspecified atom stereocenters. The molecule has 0 aliphatic rings. The lowest BCUT2D eigenvalue weighted by Gasteiger charge is -2.12. The highest BCUT2D eigenvalue weighted by molar-refractivity contribution is 5.89. The van der Waals surface area contributed by atoms with Gasteiger partial charge in [-0.25, -0.2) is 4.79 Å². The van der Waals surface area contributed by atoms with Gasteiger partial charge in [-0.1, -0.05) is 54.6 Å². The first-order valence-corrected chi connectivity index (χ1v) is 8.47. The first-order chi connectivity index (χ1) is 13.1. The molecule has 1 N–H and O–H groups in total. The summed E-state index contributed by atoms with van der Waals surface area (Å²) >= 11 is 0. The summed E-state index contributed by atoms with van der Waals surface area (Å²) in [5.74, 6) is 0.219. The summed E-state index contributed by atoms with van der Waals surface area (Å²) in [6.07, 6.45) is 0. The van der Waals surface area contributed by atoms with Gasteiger partial charge in [-0.15, -0.1) is 0 Å². The summed E-state index contributed by atoms with van der Waals surface area (Å²) in [6, 6.07) is 23.9. The van der Waals surface area contributed by atoms with E-state index < -0.39 is 5.97 Å². The van der Waals surface area contributed by atoms with Crippen molar-refractivity contribution in [1.82, 2.24) is 0 Å². The molecule has 27 heavy (non-hydrogen) atoms. The van der Waals surface area contributed by atoms with Crippen molar-refractivity contribution in [2.75, 3.05) is 11.9 Å². The summed E-state index contributed by atoms with van der Waals surface area (Å²) in [4.78, 5) is 23.2. The second kappa shape index (κ2) is 8.67. The molecular weight excluding hydrogens is 342 g/mol. The van der Waals surface area contributed by atoms with Crippen molar-refractivity contribution < 1.29 is 19.1 Å². The third-order valence-corrected chi connectivity index (χ3v) is 3.70. The number of amides is 1. The van der Waals surface area contributed by atoms with E-state index in [0.717, 1.165) is 11.1 Å². The number of para-hydroxylation sites is 1. The van der Waals surface area contributed by atoms with Gasteiger partial charge >= 0.3 is 5.97 Å². The van der Waals surface area contributed by atoms with Gasteiger partial charge in [0.25, 0.3) is 0 Å². The van der Waals surface area contributed by atoms with Crippen molar-refractivity contribution >= 4 is 17.6 Å². The van der Waals surface area contributed by atoms with Gasteiger partial charge in [-0.05, 0) is 23.8 Å². The molecule has 0 atom stereocenters. The lowest BCUT2D eigenvalue weighted by Crippen LogP contribution is -2.18. The minimum atomic E-state index is -0.530. The molecule has 136 valence electrons. The summed E-state index contributed by atoms with van der Waals surface area (Å²) in [5, 5.41) is 2.64. The number of anilines is 1. The van der Waals surface area contributed by atoms with Gasteiger partial charge in [-0.3, -0.25) is 4.79 Å². The number of carbonyl (C=O) groups excluding carboxylic acids is 2. The largest absolute Gasteiger partial charge is 0.481 e. The van der Waals surface area contributed by atoms with Crippen LogP contribution in [0.3, 0.4) is 0 Å². The third-order valence-electron chi connectivity index (χ3n) is 3.70. The van der Waals surface area contributed by atoms with Gasteiger partial charge in [0.2, 0.25) is 5.91 Å². The van der Waals surface area contributed by atoms with Crippen LogP contribution in [-0.4, -0.2) is 18.5 Å². The Morgan fingerprint density at radius 3 is 2.41 bits per heavy atom. The molecule has 1 amide bonds. The molecule has 0 saturated carbocycles. The van der Waals surface area contributed by atoms with E-state index in [1.165, 1.54) is 6.92 Å². The van der Waals surface area contributed by atoms with E-state index in [2.05, 4.69) is 5.32 Å². The molecule has 3 rings (SSSR count). The molecule has 0 bridgehead atoms. The van der Waals surface area contributed by atoms with Crippen molar-refractivity contribution in [3.05, 3.63) is 78.9 Å². The first kappa shape index (κ1) is 18.2. The molecule has 0 aliphatic heterocycles. The quantitative estimate of drug-likeness (QED) is 0.525. The topological polar surface area (TPSA) is 64.6 Å². The Morgan fingerprint density at radius 1 is 0.889 bits per heavy atom. The van der Waals surface area contributed by atoms with E-state index in [4.69, 9.17) is 9.47 Å². The Balaban J connectivity index is 1.64. The minimum Gasteiger partial charge on any atom is -0.481 e. The summed E-state index contributed by atoms with van der Waals surface area (Å²) in [6.45, 7) is 1.19. The van der Waals surface area contributed by atoms with E-state index in [-0.39, 0.29) is 12.5 Å². The molecule has 5 heteroatoms. The molecule has 5 nitrogen and oxygen atoms in total. The predicted octanol–water partition coefficient (Wildman–Crippen LogP) is 4.30. The smallest absolute Gasteiger partial charge is 0.349 e. The SMILES string of the molecule is CC(=O)Nc1cccc(OC(=O)COc2ccccc2-c2ccccc2)c1.